The van der Waals surface area contributed by atoms with Crippen LogP contribution in [-0.2, 0) is 6.54 Å². The first kappa shape index (κ1) is 24.4. The molecule has 0 fully saturated rings. The van der Waals surface area contributed by atoms with Crippen molar-refractivity contribution in [3.05, 3.63) is 82.9 Å². The van der Waals surface area contributed by atoms with Gasteiger partial charge in [0.25, 0.3) is 5.91 Å². The molecular formula is C26H29F2N5O2. The number of hydrogen-bond acceptors (Lipinski definition) is 6. The lowest BCUT2D eigenvalue weighted by molar-refractivity contribution is 0.0753. The van der Waals surface area contributed by atoms with E-state index in [0.29, 0.717) is 60.1 Å². The Morgan fingerprint density at radius 1 is 1.14 bits per heavy atom. The molecule has 9 heteroatoms. The van der Waals surface area contributed by atoms with Crippen LogP contribution in [0.15, 0.2) is 54.6 Å². The minimum absolute atomic E-state index is 0.107. The highest BCUT2D eigenvalue weighted by Gasteiger charge is 2.27. The fourth-order valence-corrected chi connectivity index (χ4v) is 4.10. The van der Waals surface area contributed by atoms with E-state index in [1.54, 1.807) is 41.3 Å². The molecule has 2 aromatic carbocycles. The lowest BCUT2D eigenvalue weighted by atomic mass is 10.1. The molecule has 0 aliphatic carbocycles. The largest absolute Gasteiger partial charge is 0.486 e. The Labute approximate surface area is 203 Å². The van der Waals surface area contributed by atoms with E-state index in [1.807, 2.05) is 19.0 Å². The maximum absolute atomic E-state index is 15.1. The average molecular weight is 482 g/mol. The monoisotopic (exact) mass is 481 g/mol. The molecule has 0 radical (unpaired) electrons. The molecule has 0 bridgehead atoms. The summed E-state index contributed by atoms with van der Waals surface area (Å²) < 4.78 is 34.9. The topological polar surface area (TPSA) is 83.7 Å². The number of hydrogen-bond donors (Lipinski definition) is 2. The number of carbonyl (C=O) groups is 1. The van der Waals surface area contributed by atoms with Crippen LogP contribution >= 0.6 is 0 Å². The molecule has 1 aliphatic rings. The van der Waals surface area contributed by atoms with Gasteiger partial charge in [-0.2, -0.15) is 0 Å². The van der Waals surface area contributed by atoms with Crippen molar-refractivity contribution in [1.82, 2.24) is 15.2 Å². The quantitative estimate of drug-likeness (QED) is 0.510. The standard InChI is InChI=1S/C26H29F2N5O2/c1-30-11-10-23(17-4-3-5-19(27)14-17)35-20-7-6-18(22(28)15-20)16-33-13-12-32(2)25-21(26(33)34)8-9-24(29)31-25/h3-9,14-15,23,30H,10-13,16H2,1-2H3,(H2,29,31)/t23-/m0/s1. The molecule has 3 N–H and O–H groups in total. The Balaban J connectivity index is 1.51. The van der Waals surface area contributed by atoms with Gasteiger partial charge in [0.05, 0.1) is 5.56 Å². The van der Waals surface area contributed by atoms with Crippen molar-refractivity contribution < 1.29 is 18.3 Å². The van der Waals surface area contributed by atoms with Crippen LogP contribution in [0.5, 0.6) is 5.75 Å². The third-order valence-corrected chi connectivity index (χ3v) is 6.02. The number of nitrogens with two attached hydrogens (primary N) is 1. The van der Waals surface area contributed by atoms with Crippen LogP contribution in [0.25, 0.3) is 0 Å². The number of fused-ring (bicyclic) bond motifs is 1. The van der Waals surface area contributed by atoms with Crippen LogP contribution in [0.3, 0.4) is 0 Å². The van der Waals surface area contributed by atoms with Gasteiger partial charge >= 0.3 is 0 Å². The number of nitrogen functional groups attached to an aromatic ring is 1. The summed E-state index contributed by atoms with van der Waals surface area (Å²) in [6.07, 6.45) is 0.138. The second-order valence-corrected chi connectivity index (χ2v) is 8.56. The van der Waals surface area contributed by atoms with E-state index in [2.05, 4.69) is 10.3 Å². The van der Waals surface area contributed by atoms with Crippen molar-refractivity contribution in [2.24, 2.45) is 0 Å². The first-order valence-corrected chi connectivity index (χ1v) is 11.5. The Hall–Kier alpha value is -3.72. The van der Waals surface area contributed by atoms with E-state index >= 15 is 4.39 Å². The maximum Gasteiger partial charge on any atom is 0.257 e. The molecule has 0 unspecified atom stereocenters. The number of nitrogens with one attached hydrogen (secondary N) is 1. The zero-order chi connectivity index (χ0) is 24.9. The van der Waals surface area contributed by atoms with Gasteiger partial charge in [-0.1, -0.05) is 18.2 Å². The summed E-state index contributed by atoms with van der Waals surface area (Å²) >= 11 is 0. The second-order valence-electron chi connectivity index (χ2n) is 8.56. The molecule has 184 valence electrons. The third kappa shape index (κ3) is 5.68. The molecule has 35 heavy (non-hydrogen) atoms. The zero-order valence-electron chi connectivity index (χ0n) is 19.8. The van der Waals surface area contributed by atoms with E-state index in [0.717, 1.165) is 0 Å². The number of carbonyl (C=O) groups excluding carboxylic acids is 1. The van der Waals surface area contributed by atoms with Crippen molar-refractivity contribution in [2.75, 3.05) is 44.4 Å². The first-order valence-electron chi connectivity index (χ1n) is 11.5. The summed E-state index contributed by atoms with van der Waals surface area (Å²) in [6.45, 7) is 1.71. The highest BCUT2D eigenvalue weighted by atomic mass is 19.1. The SMILES string of the molecule is CNCC[C@H](Oc1ccc(CN2CCN(C)c3nc(N)ccc3C2=O)c(F)c1)c1cccc(F)c1. The van der Waals surface area contributed by atoms with E-state index < -0.39 is 11.9 Å². The number of halogens is 2. The molecule has 7 nitrogen and oxygen atoms in total. The number of nitrogens with zero attached hydrogens (tertiary/aromatic N) is 3. The van der Waals surface area contributed by atoms with Gasteiger partial charge in [-0.25, -0.2) is 13.8 Å². The number of anilines is 2. The first-order chi connectivity index (χ1) is 16.9. The fraction of sp³-hybridized carbons (Fsp3) is 0.308. The zero-order valence-corrected chi connectivity index (χ0v) is 19.8. The molecule has 0 spiro atoms. The summed E-state index contributed by atoms with van der Waals surface area (Å²) in [6, 6.07) is 14.1. The third-order valence-electron chi connectivity index (χ3n) is 6.02. The van der Waals surface area contributed by atoms with Crippen molar-refractivity contribution >= 4 is 17.5 Å². The molecule has 1 aliphatic heterocycles. The van der Waals surface area contributed by atoms with Gasteiger partial charge in [0, 0.05) is 44.7 Å². The van der Waals surface area contributed by atoms with Crippen molar-refractivity contribution in [1.29, 1.82) is 0 Å². The maximum atomic E-state index is 15.1. The summed E-state index contributed by atoms with van der Waals surface area (Å²) in [4.78, 5) is 20.9. The van der Waals surface area contributed by atoms with Crippen molar-refractivity contribution in [2.45, 2.75) is 19.1 Å². The van der Waals surface area contributed by atoms with E-state index in [4.69, 9.17) is 10.5 Å². The predicted molar refractivity (Wildman–Crippen MR) is 131 cm³/mol. The number of pyridine rings is 1. The average Bonchev–Trinajstić information content (AvgIpc) is 2.95. The molecule has 0 saturated heterocycles. The van der Waals surface area contributed by atoms with Gasteiger partial charge in [-0.15, -0.1) is 0 Å². The fourth-order valence-electron chi connectivity index (χ4n) is 4.10. The predicted octanol–water partition coefficient (Wildman–Crippen LogP) is 3.76. The minimum atomic E-state index is -0.477. The van der Waals surface area contributed by atoms with Gasteiger partial charge in [-0.3, -0.25) is 4.79 Å². The lowest BCUT2D eigenvalue weighted by Gasteiger charge is -2.22. The van der Waals surface area contributed by atoms with Crippen LogP contribution in [0, 0.1) is 11.6 Å². The number of amides is 1. The molecule has 3 aromatic rings. The van der Waals surface area contributed by atoms with Crippen LogP contribution in [0.4, 0.5) is 20.4 Å². The highest BCUT2D eigenvalue weighted by molar-refractivity contribution is 5.99. The lowest BCUT2D eigenvalue weighted by Crippen LogP contribution is -2.33. The highest BCUT2D eigenvalue weighted by Crippen LogP contribution is 2.28. The Morgan fingerprint density at radius 2 is 1.97 bits per heavy atom. The van der Waals surface area contributed by atoms with E-state index in [1.165, 1.54) is 18.2 Å². The van der Waals surface area contributed by atoms with E-state index in [9.17, 15) is 9.18 Å². The van der Waals surface area contributed by atoms with Crippen molar-refractivity contribution in [3.63, 3.8) is 0 Å². The van der Waals surface area contributed by atoms with Gasteiger partial charge < -0.3 is 25.6 Å². The molecule has 2 heterocycles. The van der Waals surface area contributed by atoms with Gasteiger partial charge in [-0.05, 0) is 49.5 Å². The summed E-state index contributed by atoms with van der Waals surface area (Å²) in [5.74, 6) is 0.138. The summed E-state index contributed by atoms with van der Waals surface area (Å²) in [7, 11) is 3.67. The summed E-state index contributed by atoms with van der Waals surface area (Å²) in [5.41, 5.74) is 7.28. The molecule has 1 atom stereocenters. The smallest absolute Gasteiger partial charge is 0.257 e. The number of ether oxygens (including phenoxy) is 1. The number of rotatable bonds is 8. The van der Waals surface area contributed by atoms with Crippen LogP contribution < -0.4 is 20.7 Å². The molecule has 4 rings (SSSR count). The van der Waals surface area contributed by atoms with Crippen molar-refractivity contribution in [3.8, 4) is 5.75 Å². The Morgan fingerprint density at radius 3 is 2.71 bits per heavy atom. The number of benzene rings is 2. The molecule has 1 aromatic heterocycles. The van der Waals surface area contributed by atoms with Gasteiger partial charge in [0.1, 0.15) is 35.1 Å². The number of aromatic nitrogens is 1. The second kappa shape index (κ2) is 10.7. The number of likely N-dealkylation sites (N-methyl/N-ethyl adjacent to an activating group) is 1. The molecule has 0 saturated carbocycles. The summed E-state index contributed by atoms with van der Waals surface area (Å²) in [5, 5.41) is 3.06. The van der Waals surface area contributed by atoms with Crippen LogP contribution in [0.2, 0.25) is 0 Å². The molecular weight excluding hydrogens is 452 g/mol. The molecule has 1 amide bonds. The van der Waals surface area contributed by atoms with Gasteiger partial charge in [0.15, 0.2) is 0 Å². The van der Waals surface area contributed by atoms with E-state index in [-0.39, 0.29) is 18.3 Å². The van der Waals surface area contributed by atoms with Gasteiger partial charge in [0.2, 0.25) is 0 Å². The van der Waals surface area contributed by atoms with Crippen LogP contribution in [0.1, 0.15) is 34.0 Å². The Bertz CT molecular complexity index is 1210. The normalized spacial score (nSPS) is 14.5. The minimum Gasteiger partial charge on any atom is -0.486 e. The van der Waals surface area contributed by atoms with Crippen LogP contribution in [-0.4, -0.2) is 49.5 Å². The Kier molecular flexibility index (Phi) is 7.45.